The van der Waals surface area contributed by atoms with Crippen molar-refractivity contribution in [1.82, 2.24) is 14.5 Å². The van der Waals surface area contributed by atoms with Crippen LogP contribution in [0.4, 0.5) is 0 Å². The van der Waals surface area contributed by atoms with Crippen molar-refractivity contribution >= 4 is 10.0 Å². The first-order chi connectivity index (χ1) is 8.05. The van der Waals surface area contributed by atoms with Crippen LogP contribution in [-0.4, -0.2) is 42.2 Å². The lowest BCUT2D eigenvalue weighted by Gasteiger charge is -2.06. The first kappa shape index (κ1) is 14.1. The third-order valence-electron chi connectivity index (χ3n) is 2.45. The Morgan fingerprint density at radius 2 is 2.24 bits per heavy atom. The molecule has 0 fully saturated rings. The van der Waals surface area contributed by atoms with E-state index in [2.05, 4.69) is 9.82 Å². The Bertz CT molecular complexity index is 428. The minimum atomic E-state index is -3.21. The van der Waals surface area contributed by atoms with Crippen molar-refractivity contribution in [3.05, 3.63) is 18.0 Å². The quantitative estimate of drug-likeness (QED) is 0.627. The third-order valence-corrected chi connectivity index (χ3v) is 3.92. The van der Waals surface area contributed by atoms with Gasteiger partial charge >= 0.3 is 0 Å². The fourth-order valence-electron chi connectivity index (χ4n) is 1.46. The van der Waals surface area contributed by atoms with E-state index in [1.807, 2.05) is 13.1 Å². The number of sulfonamides is 1. The summed E-state index contributed by atoms with van der Waals surface area (Å²) in [6.07, 6.45) is 3.31. The summed E-state index contributed by atoms with van der Waals surface area (Å²) >= 11 is 0. The maximum Gasteiger partial charge on any atom is 0.211 e. The van der Waals surface area contributed by atoms with Gasteiger partial charge in [0.2, 0.25) is 10.0 Å². The number of nitrogens with one attached hydrogen (secondary N) is 1. The second-order valence-corrected chi connectivity index (χ2v) is 5.77. The van der Waals surface area contributed by atoms with E-state index in [0.717, 1.165) is 5.69 Å². The number of aliphatic hydroxyl groups is 1. The highest BCUT2D eigenvalue weighted by Gasteiger charge is 2.09. The molecule has 1 rings (SSSR count). The van der Waals surface area contributed by atoms with Gasteiger partial charge in [-0.25, -0.2) is 13.1 Å². The molecular weight excluding hydrogens is 242 g/mol. The van der Waals surface area contributed by atoms with E-state index in [0.29, 0.717) is 25.8 Å². The molecule has 0 aliphatic rings. The van der Waals surface area contributed by atoms with E-state index in [1.54, 1.807) is 10.9 Å². The summed E-state index contributed by atoms with van der Waals surface area (Å²) in [5.41, 5.74) is 0.989. The van der Waals surface area contributed by atoms with Crippen LogP contribution in [0.2, 0.25) is 0 Å². The fraction of sp³-hybridized carbons (Fsp3) is 0.700. The van der Waals surface area contributed by atoms with E-state index in [-0.39, 0.29) is 12.4 Å². The van der Waals surface area contributed by atoms with Gasteiger partial charge in [-0.15, -0.1) is 0 Å². The standard InChI is InChI=1S/C10H19N3O3S/c1-13-10(4-6-11-13)5-7-12-17(15,16)9-3-2-8-14/h4,6,12,14H,2-3,5,7-9H2,1H3. The summed E-state index contributed by atoms with van der Waals surface area (Å²) < 4.78 is 27.3. The third kappa shape index (κ3) is 5.29. The molecular formula is C10H19N3O3S. The zero-order chi connectivity index (χ0) is 12.7. The number of unbranched alkanes of at least 4 members (excludes halogenated alkanes) is 1. The molecule has 98 valence electrons. The monoisotopic (exact) mass is 261 g/mol. The topological polar surface area (TPSA) is 84.2 Å². The van der Waals surface area contributed by atoms with Crippen molar-refractivity contribution in [2.24, 2.45) is 7.05 Å². The van der Waals surface area contributed by atoms with Gasteiger partial charge in [0.15, 0.2) is 0 Å². The average molecular weight is 261 g/mol. The lowest BCUT2D eigenvalue weighted by atomic mass is 10.3. The van der Waals surface area contributed by atoms with Crippen LogP contribution in [0, 0.1) is 0 Å². The second kappa shape index (κ2) is 6.73. The van der Waals surface area contributed by atoms with Crippen molar-refractivity contribution in [2.75, 3.05) is 18.9 Å². The predicted octanol–water partition coefficient (Wildman–Crippen LogP) is -0.345. The Morgan fingerprint density at radius 3 is 2.82 bits per heavy atom. The van der Waals surface area contributed by atoms with Gasteiger partial charge in [0, 0.05) is 38.5 Å². The molecule has 0 radical (unpaired) electrons. The van der Waals surface area contributed by atoms with Crippen LogP contribution in [0.3, 0.4) is 0 Å². The zero-order valence-corrected chi connectivity index (χ0v) is 10.8. The summed E-state index contributed by atoms with van der Waals surface area (Å²) in [7, 11) is -1.39. The Labute approximate surface area is 102 Å². The molecule has 0 spiro atoms. The van der Waals surface area contributed by atoms with E-state index in [4.69, 9.17) is 5.11 Å². The SMILES string of the molecule is Cn1nccc1CCNS(=O)(=O)CCCCO. The Morgan fingerprint density at radius 1 is 1.47 bits per heavy atom. The lowest BCUT2D eigenvalue weighted by Crippen LogP contribution is -2.28. The average Bonchev–Trinajstić information content (AvgIpc) is 2.64. The van der Waals surface area contributed by atoms with Gasteiger partial charge in [0.25, 0.3) is 0 Å². The maximum absolute atomic E-state index is 11.5. The number of hydrogen-bond acceptors (Lipinski definition) is 4. The number of aliphatic hydroxyl groups excluding tert-OH is 1. The van der Waals surface area contributed by atoms with Gasteiger partial charge in [0.05, 0.1) is 5.75 Å². The van der Waals surface area contributed by atoms with E-state index in [1.165, 1.54) is 0 Å². The largest absolute Gasteiger partial charge is 0.396 e. The lowest BCUT2D eigenvalue weighted by molar-refractivity contribution is 0.287. The van der Waals surface area contributed by atoms with Crippen molar-refractivity contribution in [3.63, 3.8) is 0 Å². The van der Waals surface area contributed by atoms with Gasteiger partial charge < -0.3 is 5.11 Å². The number of aromatic nitrogens is 2. The minimum absolute atomic E-state index is 0.0323. The molecule has 17 heavy (non-hydrogen) atoms. The second-order valence-electron chi connectivity index (χ2n) is 3.84. The highest BCUT2D eigenvalue weighted by Crippen LogP contribution is 1.98. The molecule has 2 N–H and O–H groups in total. The smallest absolute Gasteiger partial charge is 0.211 e. The number of hydrogen-bond donors (Lipinski definition) is 2. The summed E-state index contributed by atoms with van der Waals surface area (Å²) in [5, 5.41) is 12.6. The first-order valence-corrected chi connectivity index (χ1v) is 7.25. The van der Waals surface area contributed by atoms with Gasteiger partial charge in [-0.05, 0) is 18.9 Å². The van der Waals surface area contributed by atoms with Crippen LogP contribution in [0.25, 0.3) is 0 Å². The molecule has 6 nitrogen and oxygen atoms in total. The zero-order valence-electron chi connectivity index (χ0n) is 9.96. The molecule has 7 heteroatoms. The molecule has 0 saturated heterocycles. The summed E-state index contributed by atoms with van der Waals surface area (Å²) in [6.45, 7) is 0.408. The molecule has 0 amide bonds. The molecule has 1 aromatic rings. The van der Waals surface area contributed by atoms with Crippen molar-refractivity contribution < 1.29 is 13.5 Å². The van der Waals surface area contributed by atoms with Crippen molar-refractivity contribution in [2.45, 2.75) is 19.3 Å². The van der Waals surface area contributed by atoms with E-state index < -0.39 is 10.0 Å². The molecule has 0 unspecified atom stereocenters. The molecule has 1 heterocycles. The number of rotatable bonds is 8. The molecule has 0 atom stereocenters. The molecule has 0 aromatic carbocycles. The Kier molecular flexibility index (Phi) is 5.60. The summed E-state index contributed by atoms with van der Waals surface area (Å²) in [6, 6.07) is 1.86. The molecule has 1 aromatic heterocycles. The first-order valence-electron chi connectivity index (χ1n) is 5.60. The van der Waals surface area contributed by atoms with Crippen LogP contribution in [0.15, 0.2) is 12.3 Å². The molecule has 0 bridgehead atoms. The van der Waals surface area contributed by atoms with Crippen LogP contribution >= 0.6 is 0 Å². The molecule has 0 aliphatic heterocycles. The minimum Gasteiger partial charge on any atom is -0.396 e. The van der Waals surface area contributed by atoms with Crippen molar-refractivity contribution in [1.29, 1.82) is 0 Å². The van der Waals surface area contributed by atoms with E-state index in [9.17, 15) is 8.42 Å². The van der Waals surface area contributed by atoms with Crippen LogP contribution < -0.4 is 4.72 Å². The van der Waals surface area contributed by atoms with Crippen LogP contribution in [0.5, 0.6) is 0 Å². The van der Waals surface area contributed by atoms with E-state index >= 15 is 0 Å². The maximum atomic E-state index is 11.5. The highest BCUT2D eigenvalue weighted by molar-refractivity contribution is 7.89. The normalized spacial score (nSPS) is 11.9. The summed E-state index contributed by atoms with van der Waals surface area (Å²) in [4.78, 5) is 0. The van der Waals surface area contributed by atoms with Crippen LogP contribution in [-0.2, 0) is 23.5 Å². The molecule has 0 saturated carbocycles. The number of nitrogens with zero attached hydrogens (tertiary/aromatic N) is 2. The Hall–Kier alpha value is -0.920. The van der Waals surface area contributed by atoms with Crippen molar-refractivity contribution in [3.8, 4) is 0 Å². The van der Waals surface area contributed by atoms with Gasteiger partial charge in [-0.2, -0.15) is 5.10 Å². The summed E-state index contributed by atoms with van der Waals surface area (Å²) in [5.74, 6) is 0.0684. The predicted molar refractivity (Wildman–Crippen MR) is 65.0 cm³/mol. The Balaban J connectivity index is 2.28. The van der Waals surface area contributed by atoms with Gasteiger partial charge in [-0.1, -0.05) is 0 Å². The highest BCUT2D eigenvalue weighted by atomic mass is 32.2. The molecule has 0 aliphatic carbocycles. The van der Waals surface area contributed by atoms with Gasteiger partial charge in [-0.3, -0.25) is 4.68 Å². The number of aryl methyl sites for hydroxylation is 1. The van der Waals surface area contributed by atoms with Crippen LogP contribution in [0.1, 0.15) is 18.5 Å². The van der Waals surface area contributed by atoms with Gasteiger partial charge in [0.1, 0.15) is 0 Å². The fourth-order valence-corrected chi connectivity index (χ4v) is 2.60.